The normalized spacial score (nSPS) is 29.0. The van der Waals surface area contributed by atoms with Gasteiger partial charge in [0.05, 0.1) is 5.52 Å². The van der Waals surface area contributed by atoms with Crippen LogP contribution < -0.4 is 5.73 Å². The van der Waals surface area contributed by atoms with Crippen LogP contribution in [0.3, 0.4) is 0 Å². The number of nitrogens with one attached hydrogen (secondary N) is 1. The van der Waals surface area contributed by atoms with Crippen molar-refractivity contribution in [2.24, 2.45) is 17.1 Å². The minimum absolute atomic E-state index is 0.0411. The van der Waals surface area contributed by atoms with Gasteiger partial charge in [0, 0.05) is 18.0 Å². The smallest absolute Gasteiger partial charge is 0.153 e. The summed E-state index contributed by atoms with van der Waals surface area (Å²) in [4.78, 5) is 7.50. The quantitative estimate of drug-likeness (QED) is 0.842. The molecule has 1 aromatic heterocycles. The molecule has 3 unspecified atom stereocenters. The Morgan fingerprint density at radius 3 is 2.71 bits per heavy atom. The minimum atomic E-state index is -0.620. The van der Waals surface area contributed by atoms with Crippen molar-refractivity contribution in [2.75, 3.05) is 0 Å². The SMILES string of the molecule is CC1C(N)CCC(c2nc3c(F)cc(F)cc3[nH]2)C1(C)C. The van der Waals surface area contributed by atoms with E-state index in [9.17, 15) is 8.78 Å². The van der Waals surface area contributed by atoms with Gasteiger partial charge >= 0.3 is 0 Å². The zero-order valence-electron chi connectivity index (χ0n) is 12.6. The van der Waals surface area contributed by atoms with Crippen molar-refractivity contribution in [3.8, 4) is 0 Å². The van der Waals surface area contributed by atoms with Crippen LogP contribution in [-0.4, -0.2) is 16.0 Å². The van der Waals surface area contributed by atoms with Crippen LogP contribution in [0.1, 0.15) is 45.4 Å². The van der Waals surface area contributed by atoms with Crippen LogP contribution in [0.5, 0.6) is 0 Å². The van der Waals surface area contributed by atoms with E-state index in [1.165, 1.54) is 6.07 Å². The molecule has 1 aliphatic rings. The number of nitrogens with zero attached hydrogens (tertiary/aromatic N) is 1. The fraction of sp³-hybridized carbons (Fsp3) is 0.562. The van der Waals surface area contributed by atoms with Crippen LogP contribution >= 0.6 is 0 Å². The Morgan fingerprint density at radius 2 is 2.00 bits per heavy atom. The van der Waals surface area contributed by atoms with Gasteiger partial charge in [-0.25, -0.2) is 13.8 Å². The number of nitrogens with two attached hydrogens (primary N) is 1. The van der Waals surface area contributed by atoms with Crippen molar-refractivity contribution in [3.05, 3.63) is 29.6 Å². The zero-order chi connectivity index (χ0) is 15.4. The third kappa shape index (κ3) is 2.24. The Bertz CT molecular complexity index is 677. The van der Waals surface area contributed by atoms with Gasteiger partial charge in [0.1, 0.15) is 17.2 Å². The monoisotopic (exact) mass is 293 g/mol. The van der Waals surface area contributed by atoms with E-state index in [1.807, 2.05) is 0 Å². The summed E-state index contributed by atoms with van der Waals surface area (Å²) in [5.74, 6) is 0.0332. The Balaban J connectivity index is 2.06. The van der Waals surface area contributed by atoms with Gasteiger partial charge in [-0.15, -0.1) is 0 Å². The Kier molecular flexibility index (Phi) is 3.28. The first-order valence-corrected chi connectivity index (χ1v) is 7.41. The molecule has 3 rings (SSSR count). The van der Waals surface area contributed by atoms with Gasteiger partial charge in [-0.2, -0.15) is 0 Å². The second-order valence-electron chi connectivity index (χ2n) is 6.81. The molecule has 114 valence electrons. The summed E-state index contributed by atoms with van der Waals surface area (Å²) in [6.45, 7) is 6.50. The molecule has 0 saturated heterocycles. The van der Waals surface area contributed by atoms with Gasteiger partial charge in [-0.1, -0.05) is 20.8 Å². The second kappa shape index (κ2) is 4.77. The number of fused-ring (bicyclic) bond motifs is 1. The summed E-state index contributed by atoms with van der Waals surface area (Å²) in [5, 5.41) is 0. The first-order chi connectivity index (χ1) is 9.80. The van der Waals surface area contributed by atoms with Crippen molar-refractivity contribution in [1.29, 1.82) is 0 Å². The maximum absolute atomic E-state index is 13.8. The number of aromatic nitrogens is 2. The standard InChI is InChI=1S/C16H21F2N3/c1-8-12(19)5-4-10(16(8,2)3)15-20-13-7-9(17)6-11(18)14(13)21-15/h6-8,10,12H,4-5,19H2,1-3H3,(H,20,21). The predicted octanol–water partition coefficient (Wildman–Crippen LogP) is 3.71. The first kappa shape index (κ1) is 14.4. The number of aromatic amines is 1. The molecule has 1 heterocycles. The predicted molar refractivity (Wildman–Crippen MR) is 78.9 cm³/mol. The Morgan fingerprint density at radius 1 is 1.29 bits per heavy atom. The molecule has 0 radical (unpaired) electrons. The van der Waals surface area contributed by atoms with E-state index in [0.717, 1.165) is 24.7 Å². The van der Waals surface area contributed by atoms with Crippen LogP contribution in [0.4, 0.5) is 8.78 Å². The van der Waals surface area contributed by atoms with E-state index in [2.05, 4.69) is 30.7 Å². The molecule has 1 aromatic carbocycles. The number of hydrogen-bond donors (Lipinski definition) is 2. The number of H-pyrrole nitrogens is 1. The zero-order valence-corrected chi connectivity index (χ0v) is 12.6. The van der Waals surface area contributed by atoms with Crippen molar-refractivity contribution >= 4 is 11.0 Å². The van der Waals surface area contributed by atoms with E-state index in [4.69, 9.17) is 5.73 Å². The topological polar surface area (TPSA) is 54.7 Å². The third-order valence-corrected chi connectivity index (χ3v) is 5.36. The first-order valence-electron chi connectivity index (χ1n) is 7.41. The molecular weight excluding hydrogens is 272 g/mol. The van der Waals surface area contributed by atoms with E-state index >= 15 is 0 Å². The Labute approximate surface area is 122 Å². The molecule has 21 heavy (non-hydrogen) atoms. The maximum atomic E-state index is 13.8. The lowest BCUT2D eigenvalue weighted by Crippen LogP contribution is -2.46. The lowest BCUT2D eigenvalue weighted by atomic mass is 9.61. The van der Waals surface area contributed by atoms with E-state index in [-0.39, 0.29) is 22.9 Å². The molecule has 2 aromatic rings. The van der Waals surface area contributed by atoms with Crippen LogP contribution in [0.2, 0.25) is 0 Å². The van der Waals surface area contributed by atoms with E-state index in [1.54, 1.807) is 0 Å². The van der Waals surface area contributed by atoms with Crippen molar-refractivity contribution in [2.45, 2.75) is 45.6 Å². The molecule has 3 N–H and O–H groups in total. The van der Waals surface area contributed by atoms with Crippen molar-refractivity contribution in [1.82, 2.24) is 9.97 Å². The largest absolute Gasteiger partial charge is 0.342 e. The van der Waals surface area contributed by atoms with Gasteiger partial charge in [0.25, 0.3) is 0 Å². The summed E-state index contributed by atoms with van der Waals surface area (Å²) in [7, 11) is 0. The number of rotatable bonds is 1. The molecule has 3 atom stereocenters. The summed E-state index contributed by atoms with van der Waals surface area (Å²) in [6.07, 6.45) is 1.82. The fourth-order valence-corrected chi connectivity index (χ4v) is 3.57. The fourth-order valence-electron chi connectivity index (χ4n) is 3.57. The number of hydrogen-bond acceptors (Lipinski definition) is 2. The minimum Gasteiger partial charge on any atom is -0.342 e. The number of imidazole rings is 1. The Hall–Kier alpha value is -1.49. The van der Waals surface area contributed by atoms with E-state index < -0.39 is 11.6 Å². The molecule has 5 heteroatoms. The van der Waals surface area contributed by atoms with Crippen molar-refractivity contribution in [3.63, 3.8) is 0 Å². The summed E-state index contributed by atoms with van der Waals surface area (Å²) in [5.41, 5.74) is 6.76. The highest BCUT2D eigenvalue weighted by Crippen LogP contribution is 2.49. The van der Waals surface area contributed by atoms with Crippen LogP contribution in [0.25, 0.3) is 11.0 Å². The highest BCUT2D eigenvalue weighted by Gasteiger charge is 2.43. The number of halogens is 2. The number of benzene rings is 1. The molecule has 3 nitrogen and oxygen atoms in total. The van der Waals surface area contributed by atoms with Crippen LogP contribution in [0.15, 0.2) is 12.1 Å². The molecule has 1 saturated carbocycles. The summed E-state index contributed by atoms with van der Waals surface area (Å²) < 4.78 is 27.1. The average molecular weight is 293 g/mol. The average Bonchev–Trinajstić information content (AvgIpc) is 2.79. The maximum Gasteiger partial charge on any atom is 0.153 e. The molecular formula is C16H21F2N3. The summed E-state index contributed by atoms with van der Waals surface area (Å²) in [6, 6.07) is 2.34. The van der Waals surface area contributed by atoms with Crippen molar-refractivity contribution < 1.29 is 8.78 Å². The van der Waals surface area contributed by atoms with Gasteiger partial charge in [0.2, 0.25) is 0 Å². The second-order valence-corrected chi connectivity index (χ2v) is 6.81. The molecule has 1 fully saturated rings. The van der Waals surface area contributed by atoms with Crippen LogP contribution in [-0.2, 0) is 0 Å². The highest BCUT2D eigenvalue weighted by atomic mass is 19.1. The lowest BCUT2D eigenvalue weighted by Gasteiger charge is -2.46. The molecule has 0 amide bonds. The van der Waals surface area contributed by atoms with E-state index in [0.29, 0.717) is 11.4 Å². The van der Waals surface area contributed by atoms with Gasteiger partial charge in [-0.3, -0.25) is 0 Å². The van der Waals surface area contributed by atoms with Gasteiger partial charge < -0.3 is 10.7 Å². The molecule has 0 bridgehead atoms. The third-order valence-electron chi connectivity index (χ3n) is 5.36. The van der Waals surface area contributed by atoms with Crippen LogP contribution in [0, 0.1) is 23.0 Å². The van der Waals surface area contributed by atoms with Gasteiger partial charge in [-0.05, 0) is 30.2 Å². The summed E-state index contributed by atoms with van der Waals surface area (Å²) >= 11 is 0. The van der Waals surface area contributed by atoms with Gasteiger partial charge in [0.15, 0.2) is 5.82 Å². The molecule has 1 aliphatic carbocycles. The lowest BCUT2D eigenvalue weighted by molar-refractivity contribution is 0.0954. The highest BCUT2D eigenvalue weighted by molar-refractivity contribution is 5.75. The molecule has 0 spiro atoms. The molecule has 0 aliphatic heterocycles.